The minimum atomic E-state index is -4.56. The highest BCUT2D eigenvalue weighted by molar-refractivity contribution is 6.39. The van der Waals surface area contributed by atoms with Crippen LogP contribution in [0, 0.1) is 0 Å². The lowest BCUT2D eigenvalue weighted by atomic mass is 10.2. The lowest BCUT2D eigenvalue weighted by molar-refractivity contribution is -0.137. The van der Waals surface area contributed by atoms with Gasteiger partial charge in [0.2, 0.25) is 0 Å². The van der Waals surface area contributed by atoms with Crippen LogP contribution in [-0.2, 0) is 6.18 Å². The average molecular weight is 365 g/mol. The molecule has 0 heterocycles. The van der Waals surface area contributed by atoms with Gasteiger partial charge in [-0.1, -0.05) is 23.2 Å². The standard InChI is InChI=1S/C14H9Cl2F3N2O2/c15-10-3-8(14(17,18)19)4-11(16)13(10)21-20-6-7-1-2-9(22)5-12(7)23/h1-6,21-23H/b20-6+. The van der Waals surface area contributed by atoms with Crippen molar-refractivity contribution in [3.05, 3.63) is 51.5 Å². The Morgan fingerprint density at radius 2 is 1.65 bits per heavy atom. The number of phenols is 2. The average Bonchev–Trinajstić information content (AvgIpc) is 2.42. The lowest BCUT2D eigenvalue weighted by Gasteiger charge is -2.11. The Hall–Kier alpha value is -2.12. The molecule has 0 saturated heterocycles. The summed E-state index contributed by atoms with van der Waals surface area (Å²) in [5, 5.41) is 22.0. The van der Waals surface area contributed by atoms with Crippen LogP contribution in [0.1, 0.15) is 11.1 Å². The molecular formula is C14H9Cl2F3N2O2. The topological polar surface area (TPSA) is 64.9 Å². The summed E-state index contributed by atoms with van der Waals surface area (Å²) in [7, 11) is 0. The van der Waals surface area contributed by atoms with E-state index >= 15 is 0 Å². The van der Waals surface area contributed by atoms with Gasteiger partial charge in [-0.05, 0) is 24.3 Å². The van der Waals surface area contributed by atoms with Crippen LogP contribution in [0.25, 0.3) is 0 Å². The largest absolute Gasteiger partial charge is 0.508 e. The van der Waals surface area contributed by atoms with Crippen molar-refractivity contribution in [1.82, 2.24) is 0 Å². The van der Waals surface area contributed by atoms with Gasteiger partial charge in [-0.15, -0.1) is 0 Å². The fourth-order valence-electron chi connectivity index (χ4n) is 1.65. The van der Waals surface area contributed by atoms with E-state index in [1.165, 1.54) is 18.3 Å². The van der Waals surface area contributed by atoms with Gasteiger partial charge in [-0.3, -0.25) is 5.43 Å². The first-order chi connectivity index (χ1) is 10.7. The number of benzene rings is 2. The van der Waals surface area contributed by atoms with E-state index in [1.54, 1.807) is 0 Å². The Kier molecular flexibility index (Phi) is 4.91. The van der Waals surface area contributed by atoms with Crippen molar-refractivity contribution in [2.45, 2.75) is 6.18 Å². The summed E-state index contributed by atoms with van der Waals surface area (Å²) < 4.78 is 37.8. The van der Waals surface area contributed by atoms with E-state index in [9.17, 15) is 18.3 Å². The van der Waals surface area contributed by atoms with Gasteiger partial charge in [0.05, 0.1) is 27.5 Å². The normalized spacial score (nSPS) is 11.9. The number of hydrazone groups is 1. The third kappa shape index (κ3) is 4.20. The van der Waals surface area contributed by atoms with Gasteiger partial charge in [0, 0.05) is 11.6 Å². The van der Waals surface area contributed by atoms with Crippen molar-refractivity contribution in [2.75, 3.05) is 5.43 Å². The molecule has 0 bridgehead atoms. The van der Waals surface area contributed by atoms with Crippen molar-refractivity contribution in [3.63, 3.8) is 0 Å². The van der Waals surface area contributed by atoms with Gasteiger partial charge >= 0.3 is 6.18 Å². The van der Waals surface area contributed by atoms with Crippen LogP contribution in [0.5, 0.6) is 11.5 Å². The molecule has 0 atom stereocenters. The Morgan fingerprint density at radius 1 is 1.04 bits per heavy atom. The van der Waals surface area contributed by atoms with Crippen molar-refractivity contribution in [1.29, 1.82) is 0 Å². The Labute approximate surface area is 138 Å². The molecule has 0 spiro atoms. The smallest absolute Gasteiger partial charge is 0.416 e. The van der Waals surface area contributed by atoms with Gasteiger partial charge < -0.3 is 10.2 Å². The van der Waals surface area contributed by atoms with Gasteiger partial charge in [-0.2, -0.15) is 18.3 Å². The zero-order valence-electron chi connectivity index (χ0n) is 11.2. The molecule has 0 aliphatic carbocycles. The molecule has 0 saturated carbocycles. The van der Waals surface area contributed by atoms with Crippen LogP contribution >= 0.6 is 23.2 Å². The van der Waals surface area contributed by atoms with Gasteiger partial charge in [0.1, 0.15) is 11.5 Å². The zero-order valence-corrected chi connectivity index (χ0v) is 12.7. The molecule has 23 heavy (non-hydrogen) atoms. The highest BCUT2D eigenvalue weighted by Gasteiger charge is 2.32. The molecule has 0 radical (unpaired) electrons. The second-order valence-electron chi connectivity index (χ2n) is 4.43. The maximum absolute atomic E-state index is 12.6. The van der Waals surface area contributed by atoms with E-state index < -0.39 is 11.7 Å². The fraction of sp³-hybridized carbons (Fsp3) is 0.0714. The van der Waals surface area contributed by atoms with Crippen molar-refractivity contribution >= 4 is 35.1 Å². The molecule has 0 fully saturated rings. The van der Waals surface area contributed by atoms with Crippen LogP contribution in [-0.4, -0.2) is 16.4 Å². The van der Waals surface area contributed by atoms with Crippen LogP contribution in [0.2, 0.25) is 10.0 Å². The number of anilines is 1. The SMILES string of the molecule is Oc1ccc(/C=N/Nc2c(Cl)cc(C(F)(F)F)cc2Cl)c(O)c1. The number of aromatic hydroxyl groups is 2. The fourth-order valence-corrected chi connectivity index (χ4v) is 2.22. The maximum atomic E-state index is 12.6. The van der Waals surface area contributed by atoms with E-state index in [0.717, 1.165) is 18.2 Å². The first-order valence-electron chi connectivity index (χ1n) is 6.06. The van der Waals surface area contributed by atoms with Crippen LogP contribution in [0.4, 0.5) is 18.9 Å². The molecule has 0 aliphatic rings. The van der Waals surface area contributed by atoms with Crippen LogP contribution in [0.15, 0.2) is 35.4 Å². The van der Waals surface area contributed by atoms with Crippen LogP contribution < -0.4 is 5.43 Å². The summed E-state index contributed by atoms with van der Waals surface area (Å²) in [5.41, 5.74) is 1.71. The molecule has 0 amide bonds. The Balaban J connectivity index is 2.22. The van der Waals surface area contributed by atoms with Crippen molar-refractivity contribution < 1.29 is 23.4 Å². The molecule has 0 aliphatic heterocycles. The van der Waals surface area contributed by atoms with Crippen molar-refractivity contribution in [2.24, 2.45) is 5.10 Å². The molecule has 2 rings (SSSR count). The van der Waals surface area contributed by atoms with E-state index in [-0.39, 0.29) is 32.8 Å². The summed E-state index contributed by atoms with van der Waals surface area (Å²) in [4.78, 5) is 0. The quantitative estimate of drug-likeness (QED) is 0.537. The van der Waals surface area contributed by atoms with E-state index in [4.69, 9.17) is 28.3 Å². The third-order valence-electron chi connectivity index (χ3n) is 2.76. The number of rotatable bonds is 3. The van der Waals surface area contributed by atoms with Gasteiger partial charge in [0.15, 0.2) is 0 Å². The molecule has 3 N–H and O–H groups in total. The summed E-state index contributed by atoms with van der Waals surface area (Å²) in [6.07, 6.45) is -3.37. The highest BCUT2D eigenvalue weighted by atomic mass is 35.5. The first-order valence-corrected chi connectivity index (χ1v) is 6.81. The minimum Gasteiger partial charge on any atom is -0.508 e. The Morgan fingerprint density at radius 3 is 2.17 bits per heavy atom. The second kappa shape index (κ2) is 6.55. The first kappa shape index (κ1) is 17.2. The maximum Gasteiger partial charge on any atom is 0.416 e. The summed E-state index contributed by atoms with van der Waals surface area (Å²) in [5.74, 6) is -0.346. The predicted octanol–water partition coefficient (Wildman–Crippen LogP) is 4.87. The van der Waals surface area contributed by atoms with E-state index in [2.05, 4.69) is 10.5 Å². The highest BCUT2D eigenvalue weighted by Crippen LogP contribution is 2.38. The third-order valence-corrected chi connectivity index (χ3v) is 3.36. The zero-order chi connectivity index (χ0) is 17.2. The summed E-state index contributed by atoms with van der Waals surface area (Å²) in [6, 6.07) is 5.29. The number of nitrogens with zero attached hydrogens (tertiary/aromatic N) is 1. The van der Waals surface area contributed by atoms with Gasteiger partial charge in [-0.25, -0.2) is 0 Å². The molecule has 122 valence electrons. The molecule has 2 aromatic rings. The Bertz CT molecular complexity index is 741. The molecule has 0 aromatic heterocycles. The lowest BCUT2D eigenvalue weighted by Crippen LogP contribution is -2.05. The molecular weight excluding hydrogens is 356 g/mol. The monoisotopic (exact) mass is 364 g/mol. The number of nitrogens with one attached hydrogen (secondary N) is 1. The number of alkyl halides is 3. The van der Waals surface area contributed by atoms with E-state index in [0.29, 0.717) is 0 Å². The number of halogens is 5. The molecule has 0 unspecified atom stereocenters. The second-order valence-corrected chi connectivity index (χ2v) is 5.24. The number of phenolic OH excluding ortho intramolecular Hbond substituents is 2. The minimum absolute atomic E-state index is 0.00384. The molecule has 4 nitrogen and oxygen atoms in total. The number of hydrogen-bond donors (Lipinski definition) is 3. The number of hydrogen-bond acceptors (Lipinski definition) is 4. The predicted molar refractivity (Wildman–Crippen MR) is 82.5 cm³/mol. The van der Waals surface area contributed by atoms with Crippen LogP contribution in [0.3, 0.4) is 0 Å². The van der Waals surface area contributed by atoms with Crippen molar-refractivity contribution in [3.8, 4) is 11.5 Å². The molecule has 2 aromatic carbocycles. The summed E-state index contributed by atoms with van der Waals surface area (Å²) in [6.45, 7) is 0. The summed E-state index contributed by atoms with van der Waals surface area (Å²) >= 11 is 11.5. The molecule has 9 heteroatoms. The van der Waals surface area contributed by atoms with Gasteiger partial charge in [0.25, 0.3) is 0 Å². The van der Waals surface area contributed by atoms with E-state index in [1.807, 2.05) is 0 Å².